The molecule has 0 atom stereocenters. The van der Waals surface area contributed by atoms with Crippen molar-refractivity contribution in [2.45, 2.75) is 167 Å². The van der Waals surface area contributed by atoms with Crippen molar-refractivity contribution in [2.75, 3.05) is 13.1 Å². The van der Waals surface area contributed by atoms with E-state index in [0.717, 1.165) is 19.5 Å². The zero-order chi connectivity index (χ0) is 31.2. The Morgan fingerprint density at radius 2 is 1.11 bits per heavy atom. The first-order valence-corrected chi connectivity index (χ1v) is 18.5. The third-order valence-electron chi connectivity index (χ3n) is 8.85. The number of carbonyl (C=O) groups is 1. The van der Waals surface area contributed by atoms with Gasteiger partial charge in [0.05, 0.1) is 0 Å². The van der Waals surface area contributed by atoms with Crippen molar-refractivity contribution in [1.29, 1.82) is 0 Å². The average molecular weight is 608 g/mol. The lowest BCUT2D eigenvalue weighted by molar-refractivity contribution is -0.697. The van der Waals surface area contributed by atoms with E-state index in [9.17, 15) is 9.90 Å². The SMILES string of the molecule is O=C([O-])CCNCCCCCCCCCCCCCc1ccc[n+](CCCCCCCCCCCCCc2cccnc2)c1. The van der Waals surface area contributed by atoms with Crippen molar-refractivity contribution in [1.82, 2.24) is 10.3 Å². The molecule has 0 aliphatic carbocycles. The zero-order valence-electron chi connectivity index (χ0n) is 28.1. The maximum Gasteiger partial charge on any atom is 0.171 e. The molecule has 0 fully saturated rings. The molecule has 248 valence electrons. The highest BCUT2D eigenvalue weighted by Gasteiger charge is 2.04. The van der Waals surface area contributed by atoms with E-state index >= 15 is 0 Å². The predicted molar refractivity (Wildman–Crippen MR) is 182 cm³/mol. The first kappa shape index (κ1) is 37.9. The minimum atomic E-state index is -0.968. The number of aliphatic carboxylic acids is 1. The summed E-state index contributed by atoms with van der Waals surface area (Å²) in [5, 5.41) is 13.5. The Morgan fingerprint density at radius 1 is 0.614 bits per heavy atom. The van der Waals surface area contributed by atoms with Gasteiger partial charge in [-0.2, -0.15) is 0 Å². The summed E-state index contributed by atoms with van der Waals surface area (Å²) in [5.74, 6) is -0.968. The molecule has 5 heteroatoms. The van der Waals surface area contributed by atoms with Gasteiger partial charge in [0.2, 0.25) is 0 Å². The number of rotatable bonds is 31. The normalized spacial score (nSPS) is 11.3. The molecule has 0 amide bonds. The molecule has 0 aliphatic rings. The van der Waals surface area contributed by atoms with Crippen LogP contribution in [0.3, 0.4) is 0 Å². The maximum absolute atomic E-state index is 10.4. The standard InChI is InChI=1S/C39H65N3O2/c43-39(44)29-32-40-30-21-17-13-9-5-1-3-8-12-16-20-26-38-28-24-34-42(36-38)33-22-18-14-10-6-2-4-7-11-15-19-25-37-27-23-31-41-35-37/h23-24,27-28,31,34-36,40H,1-22,25-26,29-30,32-33H2. The molecule has 2 heterocycles. The van der Waals surface area contributed by atoms with Gasteiger partial charge >= 0.3 is 0 Å². The molecule has 0 bridgehead atoms. The lowest BCUT2D eigenvalue weighted by Gasteiger charge is -2.05. The van der Waals surface area contributed by atoms with Crippen LogP contribution in [0.4, 0.5) is 0 Å². The van der Waals surface area contributed by atoms with Gasteiger partial charge in [-0.15, -0.1) is 0 Å². The van der Waals surface area contributed by atoms with Gasteiger partial charge in [0.15, 0.2) is 12.4 Å². The van der Waals surface area contributed by atoms with Crippen LogP contribution >= 0.6 is 0 Å². The quantitative estimate of drug-likeness (QED) is 0.0690. The fourth-order valence-corrected chi connectivity index (χ4v) is 6.11. The van der Waals surface area contributed by atoms with E-state index in [4.69, 9.17) is 0 Å². The van der Waals surface area contributed by atoms with E-state index in [1.54, 1.807) is 0 Å². The van der Waals surface area contributed by atoms with Gasteiger partial charge in [-0.25, -0.2) is 4.57 Å². The Kier molecular flexibility index (Phi) is 24.3. The third kappa shape index (κ3) is 23.2. The Hall–Kier alpha value is -2.27. The van der Waals surface area contributed by atoms with E-state index in [-0.39, 0.29) is 6.42 Å². The number of carboxylic acids is 1. The van der Waals surface area contributed by atoms with E-state index < -0.39 is 5.97 Å². The van der Waals surface area contributed by atoms with Gasteiger partial charge in [-0.3, -0.25) is 4.98 Å². The Labute approximate surface area is 270 Å². The minimum absolute atomic E-state index is 0.114. The monoisotopic (exact) mass is 608 g/mol. The van der Waals surface area contributed by atoms with Crippen molar-refractivity contribution >= 4 is 5.97 Å². The average Bonchev–Trinajstić information content (AvgIpc) is 3.03. The van der Waals surface area contributed by atoms with Gasteiger partial charge in [-0.1, -0.05) is 115 Å². The van der Waals surface area contributed by atoms with Crippen LogP contribution in [0.15, 0.2) is 49.1 Å². The van der Waals surface area contributed by atoms with E-state index in [1.165, 1.54) is 159 Å². The minimum Gasteiger partial charge on any atom is -0.550 e. The number of aromatic nitrogens is 2. The Morgan fingerprint density at radius 3 is 1.66 bits per heavy atom. The zero-order valence-corrected chi connectivity index (χ0v) is 28.1. The molecule has 0 saturated carbocycles. The third-order valence-corrected chi connectivity index (χ3v) is 8.85. The van der Waals surface area contributed by atoms with Crippen LogP contribution in [0, 0.1) is 0 Å². The fraction of sp³-hybridized carbons (Fsp3) is 0.718. The molecule has 2 rings (SSSR count). The molecule has 2 aromatic rings. The first-order valence-electron chi connectivity index (χ1n) is 18.5. The second kappa shape index (κ2) is 28.2. The molecule has 0 saturated heterocycles. The van der Waals surface area contributed by atoms with Crippen LogP contribution in [0.1, 0.15) is 159 Å². The lowest BCUT2D eigenvalue weighted by Crippen LogP contribution is -2.33. The second-order valence-electron chi connectivity index (χ2n) is 13.0. The van der Waals surface area contributed by atoms with Gasteiger partial charge in [0.1, 0.15) is 6.54 Å². The molecule has 1 N–H and O–H groups in total. The summed E-state index contributed by atoms with van der Waals surface area (Å²) >= 11 is 0. The number of hydrogen-bond donors (Lipinski definition) is 1. The van der Waals surface area contributed by atoms with E-state index in [0.29, 0.717) is 6.54 Å². The van der Waals surface area contributed by atoms with Crippen LogP contribution < -0.4 is 15.0 Å². The molecule has 0 radical (unpaired) electrons. The number of carbonyl (C=O) groups excluding carboxylic acids is 1. The molecule has 0 aromatic carbocycles. The molecule has 5 nitrogen and oxygen atoms in total. The van der Waals surface area contributed by atoms with Gasteiger partial charge in [0, 0.05) is 43.0 Å². The number of unbranched alkanes of at least 4 members (excludes halogenated alkanes) is 20. The summed E-state index contributed by atoms with van der Waals surface area (Å²) in [6.45, 7) is 2.62. The predicted octanol–water partition coefficient (Wildman–Crippen LogP) is 8.47. The number of hydrogen-bond acceptors (Lipinski definition) is 4. The second-order valence-corrected chi connectivity index (χ2v) is 13.0. The highest BCUT2D eigenvalue weighted by Crippen LogP contribution is 2.14. The summed E-state index contributed by atoms with van der Waals surface area (Å²) < 4.78 is 2.41. The molecular weight excluding hydrogens is 542 g/mol. The summed E-state index contributed by atoms with van der Waals surface area (Å²) in [4.78, 5) is 14.6. The van der Waals surface area contributed by atoms with Gasteiger partial charge < -0.3 is 15.2 Å². The summed E-state index contributed by atoms with van der Waals surface area (Å²) in [7, 11) is 0. The van der Waals surface area contributed by atoms with Gasteiger partial charge in [0.25, 0.3) is 0 Å². The van der Waals surface area contributed by atoms with Gasteiger partial charge in [-0.05, 0) is 69.2 Å². The lowest BCUT2D eigenvalue weighted by atomic mass is 10.0. The van der Waals surface area contributed by atoms with Crippen LogP contribution in [0.25, 0.3) is 0 Å². The molecule has 2 aromatic heterocycles. The van der Waals surface area contributed by atoms with Crippen LogP contribution in [0.2, 0.25) is 0 Å². The highest BCUT2D eigenvalue weighted by molar-refractivity contribution is 5.64. The number of aryl methyl sites for hydroxylation is 3. The number of carboxylic acid groups (broad SMARTS) is 1. The topological polar surface area (TPSA) is 68.9 Å². The molecular formula is C39H65N3O2. The molecule has 44 heavy (non-hydrogen) atoms. The van der Waals surface area contributed by atoms with Crippen molar-refractivity contribution in [3.05, 3.63) is 60.2 Å². The number of nitrogens with zero attached hydrogens (tertiary/aromatic N) is 2. The Bertz CT molecular complexity index is 921. The fourth-order valence-electron chi connectivity index (χ4n) is 6.11. The number of pyridine rings is 2. The highest BCUT2D eigenvalue weighted by atomic mass is 16.4. The summed E-state index contributed by atoms with van der Waals surface area (Å²) in [5.41, 5.74) is 2.88. The van der Waals surface area contributed by atoms with Crippen LogP contribution in [-0.4, -0.2) is 24.0 Å². The molecule has 0 unspecified atom stereocenters. The summed E-state index contributed by atoms with van der Waals surface area (Å²) in [6.07, 6.45) is 40.7. The van der Waals surface area contributed by atoms with Crippen LogP contribution in [0.5, 0.6) is 0 Å². The smallest absolute Gasteiger partial charge is 0.171 e. The molecule has 0 aliphatic heterocycles. The van der Waals surface area contributed by atoms with Crippen molar-refractivity contribution < 1.29 is 14.5 Å². The number of nitrogens with one attached hydrogen (secondary N) is 1. The van der Waals surface area contributed by atoms with E-state index in [2.05, 4.69) is 45.5 Å². The van der Waals surface area contributed by atoms with Crippen LogP contribution in [-0.2, 0) is 24.2 Å². The van der Waals surface area contributed by atoms with Crippen molar-refractivity contribution in [3.63, 3.8) is 0 Å². The van der Waals surface area contributed by atoms with Crippen molar-refractivity contribution in [3.8, 4) is 0 Å². The largest absolute Gasteiger partial charge is 0.550 e. The molecule has 0 spiro atoms. The summed E-state index contributed by atoms with van der Waals surface area (Å²) in [6, 6.07) is 8.78. The van der Waals surface area contributed by atoms with Crippen molar-refractivity contribution in [2.24, 2.45) is 0 Å². The maximum atomic E-state index is 10.4. The Balaban J connectivity index is 1.30. The van der Waals surface area contributed by atoms with E-state index in [1.807, 2.05) is 18.5 Å². The first-order chi connectivity index (χ1) is 21.7.